The van der Waals surface area contributed by atoms with Gasteiger partial charge in [0, 0.05) is 26.3 Å². The van der Waals surface area contributed by atoms with Crippen LogP contribution in [0.4, 0.5) is 5.82 Å². The Hall–Kier alpha value is -0.520. The van der Waals surface area contributed by atoms with Crippen LogP contribution in [-0.4, -0.2) is 43.0 Å². The summed E-state index contributed by atoms with van der Waals surface area (Å²) in [6.07, 6.45) is 4.59. The van der Waals surface area contributed by atoms with Gasteiger partial charge in [0.25, 0.3) is 0 Å². The van der Waals surface area contributed by atoms with Crippen LogP contribution in [0.5, 0.6) is 0 Å². The number of thioether (sulfide) groups is 1. The van der Waals surface area contributed by atoms with Crippen LogP contribution in [0.1, 0.15) is 12.8 Å². The molecule has 6 heteroatoms. The summed E-state index contributed by atoms with van der Waals surface area (Å²) >= 11 is 7.45. The normalized spacial score (nSPS) is 14.8. The van der Waals surface area contributed by atoms with Crippen molar-refractivity contribution in [3.63, 3.8) is 0 Å². The molecule has 0 aromatic carbocycles. The van der Waals surface area contributed by atoms with Gasteiger partial charge in [0.1, 0.15) is 11.0 Å². The second-order valence-corrected chi connectivity index (χ2v) is 5.64. The Bertz CT molecular complexity index is 401. The Kier molecular flexibility index (Phi) is 5.09. The first-order chi connectivity index (χ1) is 8.69. The Morgan fingerprint density at radius 2 is 2.28 bits per heavy atom. The molecule has 0 N–H and O–H groups in total. The van der Waals surface area contributed by atoms with E-state index in [2.05, 4.69) is 9.97 Å². The van der Waals surface area contributed by atoms with E-state index in [1.807, 2.05) is 18.2 Å². The van der Waals surface area contributed by atoms with Gasteiger partial charge in [-0.1, -0.05) is 23.4 Å². The van der Waals surface area contributed by atoms with E-state index >= 15 is 0 Å². The lowest BCUT2D eigenvalue weighted by atomic mass is 10.4. The van der Waals surface area contributed by atoms with Crippen molar-refractivity contribution in [1.82, 2.24) is 9.97 Å². The van der Waals surface area contributed by atoms with Gasteiger partial charge in [0.15, 0.2) is 5.16 Å². The fourth-order valence-electron chi connectivity index (χ4n) is 1.52. The molecule has 1 aromatic rings. The van der Waals surface area contributed by atoms with Gasteiger partial charge < -0.3 is 9.64 Å². The molecule has 1 aliphatic carbocycles. The minimum Gasteiger partial charge on any atom is -0.379 e. The second-order valence-electron chi connectivity index (χ2n) is 4.48. The first-order valence-corrected chi connectivity index (χ1v) is 7.66. The minimum absolute atomic E-state index is 0.482. The molecule has 1 saturated carbocycles. The number of ether oxygens (including phenoxy) is 1. The van der Waals surface area contributed by atoms with Crippen molar-refractivity contribution in [2.45, 2.75) is 18.0 Å². The molecule has 0 amide bonds. The van der Waals surface area contributed by atoms with Crippen molar-refractivity contribution in [1.29, 1.82) is 0 Å². The molecule has 1 aromatic heterocycles. The van der Waals surface area contributed by atoms with Gasteiger partial charge in [-0.05, 0) is 25.0 Å². The summed E-state index contributed by atoms with van der Waals surface area (Å²) in [5, 5.41) is 1.18. The maximum absolute atomic E-state index is 5.96. The summed E-state index contributed by atoms with van der Waals surface area (Å²) < 4.78 is 5.61. The molecule has 0 radical (unpaired) electrons. The van der Waals surface area contributed by atoms with Crippen molar-refractivity contribution in [3.8, 4) is 0 Å². The van der Waals surface area contributed by atoms with E-state index in [9.17, 15) is 0 Å². The third-order valence-corrected chi connectivity index (χ3v) is 3.60. The monoisotopic (exact) mass is 287 g/mol. The van der Waals surface area contributed by atoms with E-state index in [0.717, 1.165) is 31.5 Å². The fraction of sp³-hybridized carbons (Fsp3) is 0.667. The molecular weight excluding hydrogens is 270 g/mol. The SMILES string of the molecule is CSc1nc(Cl)cc(N(C)CCOCC2CC2)n1. The molecule has 1 fully saturated rings. The topological polar surface area (TPSA) is 38.2 Å². The fourth-order valence-corrected chi connectivity index (χ4v) is 2.13. The van der Waals surface area contributed by atoms with Gasteiger partial charge in [0.2, 0.25) is 0 Å². The summed E-state index contributed by atoms with van der Waals surface area (Å²) in [6, 6.07) is 1.78. The van der Waals surface area contributed by atoms with Crippen LogP contribution in [0.2, 0.25) is 5.15 Å². The van der Waals surface area contributed by atoms with Gasteiger partial charge in [-0.2, -0.15) is 0 Å². The lowest BCUT2D eigenvalue weighted by Crippen LogP contribution is -2.24. The largest absolute Gasteiger partial charge is 0.379 e. The van der Waals surface area contributed by atoms with Crippen molar-refractivity contribution >= 4 is 29.2 Å². The van der Waals surface area contributed by atoms with Gasteiger partial charge >= 0.3 is 0 Å². The van der Waals surface area contributed by atoms with E-state index in [1.165, 1.54) is 24.6 Å². The molecule has 0 atom stereocenters. The molecule has 18 heavy (non-hydrogen) atoms. The predicted octanol–water partition coefficient (Wildman–Crippen LogP) is 2.71. The predicted molar refractivity (Wildman–Crippen MR) is 75.6 cm³/mol. The molecule has 1 aliphatic rings. The van der Waals surface area contributed by atoms with Crippen LogP contribution in [0, 0.1) is 5.92 Å². The van der Waals surface area contributed by atoms with Crippen LogP contribution in [0.25, 0.3) is 0 Å². The smallest absolute Gasteiger partial charge is 0.190 e. The van der Waals surface area contributed by atoms with Crippen molar-refractivity contribution < 1.29 is 4.74 Å². The Balaban J connectivity index is 1.82. The highest BCUT2D eigenvalue weighted by atomic mass is 35.5. The summed E-state index contributed by atoms with van der Waals surface area (Å²) in [5.74, 6) is 1.65. The number of nitrogens with zero attached hydrogens (tertiary/aromatic N) is 3. The maximum atomic E-state index is 5.96. The first-order valence-electron chi connectivity index (χ1n) is 6.06. The molecule has 0 aliphatic heterocycles. The van der Waals surface area contributed by atoms with E-state index in [0.29, 0.717) is 10.3 Å². The van der Waals surface area contributed by atoms with Crippen LogP contribution in [0.15, 0.2) is 11.2 Å². The number of hydrogen-bond acceptors (Lipinski definition) is 5. The molecule has 0 saturated heterocycles. The Labute approximate surface area is 117 Å². The van der Waals surface area contributed by atoms with Gasteiger partial charge in [-0.3, -0.25) is 0 Å². The minimum atomic E-state index is 0.482. The number of aromatic nitrogens is 2. The number of rotatable bonds is 7. The second kappa shape index (κ2) is 6.59. The van der Waals surface area contributed by atoms with Gasteiger partial charge in [0.05, 0.1) is 6.61 Å². The highest BCUT2D eigenvalue weighted by Gasteiger charge is 2.21. The quantitative estimate of drug-likeness (QED) is 0.334. The first kappa shape index (κ1) is 13.9. The van der Waals surface area contributed by atoms with Crippen molar-refractivity contribution in [2.75, 3.05) is 38.0 Å². The summed E-state index contributed by atoms with van der Waals surface area (Å²) in [6.45, 7) is 2.44. The number of halogens is 1. The highest BCUT2D eigenvalue weighted by Crippen LogP contribution is 2.28. The van der Waals surface area contributed by atoms with Crippen LogP contribution >= 0.6 is 23.4 Å². The molecule has 1 heterocycles. The third-order valence-electron chi connectivity index (χ3n) is 2.86. The summed E-state index contributed by atoms with van der Waals surface area (Å²) in [4.78, 5) is 10.6. The number of hydrogen-bond donors (Lipinski definition) is 0. The molecule has 2 rings (SSSR count). The van der Waals surface area contributed by atoms with E-state index < -0.39 is 0 Å². The van der Waals surface area contributed by atoms with Gasteiger partial charge in [-0.25, -0.2) is 9.97 Å². The van der Waals surface area contributed by atoms with Gasteiger partial charge in [-0.15, -0.1) is 0 Å². The highest BCUT2D eigenvalue weighted by molar-refractivity contribution is 7.98. The molecule has 0 bridgehead atoms. The average molecular weight is 288 g/mol. The lowest BCUT2D eigenvalue weighted by Gasteiger charge is -2.18. The zero-order valence-corrected chi connectivity index (χ0v) is 12.3. The number of likely N-dealkylation sites (N-methyl/N-ethyl adjacent to an activating group) is 1. The van der Waals surface area contributed by atoms with Crippen LogP contribution in [-0.2, 0) is 4.74 Å². The summed E-state index contributed by atoms with van der Waals surface area (Å²) in [5.41, 5.74) is 0. The molecule has 0 unspecified atom stereocenters. The Morgan fingerprint density at radius 1 is 1.50 bits per heavy atom. The van der Waals surface area contributed by atoms with E-state index in [1.54, 1.807) is 6.07 Å². The number of anilines is 1. The summed E-state index contributed by atoms with van der Waals surface area (Å²) in [7, 11) is 1.99. The van der Waals surface area contributed by atoms with E-state index in [-0.39, 0.29) is 0 Å². The lowest BCUT2D eigenvalue weighted by molar-refractivity contribution is 0.130. The molecule has 0 spiro atoms. The van der Waals surface area contributed by atoms with Crippen LogP contribution in [0.3, 0.4) is 0 Å². The standard InChI is InChI=1S/C12H18ClN3OS/c1-16(5-6-17-8-9-3-4-9)11-7-10(13)14-12(15-11)18-2/h7,9H,3-6,8H2,1-2H3. The molecule has 4 nitrogen and oxygen atoms in total. The van der Waals surface area contributed by atoms with Crippen molar-refractivity contribution in [3.05, 3.63) is 11.2 Å². The average Bonchev–Trinajstić information content (AvgIpc) is 3.17. The van der Waals surface area contributed by atoms with Crippen LogP contribution < -0.4 is 4.90 Å². The van der Waals surface area contributed by atoms with Crippen molar-refractivity contribution in [2.24, 2.45) is 5.92 Å². The third kappa shape index (κ3) is 4.30. The van der Waals surface area contributed by atoms with E-state index in [4.69, 9.17) is 16.3 Å². The molecule has 100 valence electrons. The Morgan fingerprint density at radius 3 is 2.94 bits per heavy atom. The maximum Gasteiger partial charge on any atom is 0.190 e. The zero-order valence-electron chi connectivity index (χ0n) is 10.7. The zero-order chi connectivity index (χ0) is 13.0. The molecular formula is C12H18ClN3OS.